The van der Waals surface area contributed by atoms with Crippen molar-refractivity contribution >= 4 is 0 Å². The van der Waals surface area contributed by atoms with Crippen LogP contribution in [0, 0.1) is 24.6 Å². The SMILES string of the molecule is Cc1cc(C2(O)CCCCC2C(C)C)ccc1F. The van der Waals surface area contributed by atoms with Crippen LogP contribution in [-0.2, 0) is 5.60 Å². The van der Waals surface area contributed by atoms with Crippen LogP contribution in [0.2, 0.25) is 0 Å². The lowest BCUT2D eigenvalue weighted by Crippen LogP contribution is -2.40. The van der Waals surface area contributed by atoms with E-state index in [0.717, 1.165) is 24.8 Å². The normalized spacial score (nSPS) is 28.7. The minimum Gasteiger partial charge on any atom is -0.385 e. The molecule has 2 atom stereocenters. The summed E-state index contributed by atoms with van der Waals surface area (Å²) < 4.78 is 13.4. The van der Waals surface area contributed by atoms with E-state index < -0.39 is 5.60 Å². The van der Waals surface area contributed by atoms with Crippen LogP contribution < -0.4 is 0 Å². The van der Waals surface area contributed by atoms with Crippen LogP contribution in [0.3, 0.4) is 0 Å². The van der Waals surface area contributed by atoms with Crippen molar-refractivity contribution in [3.8, 4) is 0 Å². The zero-order chi connectivity index (χ0) is 13.3. The van der Waals surface area contributed by atoms with E-state index in [1.54, 1.807) is 13.0 Å². The van der Waals surface area contributed by atoms with E-state index in [0.29, 0.717) is 11.5 Å². The molecule has 0 spiro atoms. The minimum atomic E-state index is -0.773. The van der Waals surface area contributed by atoms with Crippen LogP contribution in [0.15, 0.2) is 18.2 Å². The molecule has 0 heterocycles. The van der Waals surface area contributed by atoms with Gasteiger partial charge in [0.25, 0.3) is 0 Å². The Labute approximate surface area is 109 Å². The van der Waals surface area contributed by atoms with Gasteiger partial charge in [0.05, 0.1) is 5.60 Å². The third-order valence-electron chi connectivity index (χ3n) is 4.40. The molecular formula is C16H23FO. The molecule has 2 heteroatoms. The van der Waals surface area contributed by atoms with Gasteiger partial charge in [-0.3, -0.25) is 0 Å². The van der Waals surface area contributed by atoms with E-state index in [2.05, 4.69) is 13.8 Å². The first-order chi connectivity index (χ1) is 8.45. The Morgan fingerprint density at radius 3 is 2.67 bits per heavy atom. The van der Waals surface area contributed by atoms with Gasteiger partial charge in [-0.25, -0.2) is 4.39 Å². The number of hydrogen-bond donors (Lipinski definition) is 1. The van der Waals surface area contributed by atoms with Crippen molar-refractivity contribution in [2.24, 2.45) is 11.8 Å². The van der Waals surface area contributed by atoms with Crippen molar-refractivity contribution in [3.63, 3.8) is 0 Å². The summed E-state index contributed by atoms with van der Waals surface area (Å²) in [6.45, 7) is 6.09. The Kier molecular flexibility index (Phi) is 3.76. The van der Waals surface area contributed by atoms with Crippen LogP contribution in [0.25, 0.3) is 0 Å². The molecule has 0 bridgehead atoms. The first-order valence-electron chi connectivity index (χ1n) is 6.94. The monoisotopic (exact) mass is 250 g/mol. The van der Waals surface area contributed by atoms with Crippen molar-refractivity contribution in [1.82, 2.24) is 0 Å². The van der Waals surface area contributed by atoms with Crippen LogP contribution in [-0.4, -0.2) is 5.11 Å². The third kappa shape index (κ3) is 2.31. The number of aliphatic hydroxyl groups is 1. The van der Waals surface area contributed by atoms with Gasteiger partial charge >= 0.3 is 0 Å². The van der Waals surface area contributed by atoms with Crippen molar-refractivity contribution < 1.29 is 9.50 Å². The molecule has 0 radical (unpaired) electrons. The number of hydrogen-bond acceptors (Lipinski definition) is 1. The summed E-state index contributed by atoms with van der Waals surface area (Å²) in [6.07, 6.45) is 4.09. The molecular weight excluding hydrogens is 227 g/mol. The Balaban J connectivity index is 2.40. The molecule has 1 nitrogen and oxygen atoms in total. The second-order valence-corrected chi connectivity index (χ2v) is 5.98. The fourth-order valence-corrected chi connectivity index (χ4v) is 3.34. The summed E-state index contributed by atoms with van der Waals surface area (Å²) in [5.41, 5.74) is 0.735. The van der Waals surface area contributed by atoms with Crippen molar-refractivity contribution in [1.29, 1.82) is 0 Å². The maximum absolute atomic E-state index is 13.4. The molecule has 0 aliphatic heterocycles. The lowest BCUT2D eigenvalue weighted by atomic mass is 9.67. The highest BCUT2D eigenvalue weighted by Gasteiger charge is 2.41. The minimum absolute atomic E-state index is 0.195. The number of benzene rings is 1. The Morgan fingerprint density at radius 1 is 1.33 bits per heavy atom. The van der Waals surface area contributed by atoms with E-state index in [1.165, 1.54) is 12.5 Å². The van der Waals surface area contributed by atoms with Crippen molar-refractivity contribution in [2.75, 3.05) is 0 Å². The van der Waals surface area contributed by atoms with Crippen LogP contribution in [0.5, 0.6) is 0 Å². The molecule has 18 heavy (non-hydrogen) atoms. The lowest BCUT2D eigenvalue weighted by molar-refractivity contribution is -0.0722. The number of rotatable bonds is 2. The second kappa shape index (κ2) is 5.00. The highest BCUT2D eigenvalue weighted by molar-refractivity contribution is 5.30. The largest absolute Gasteiger partial charge is 0.385 e. The first kappa shape index (κ1) is 13.5. The quantitative estimate of drug-likeness (QED) is 0.835. The molecule has 1 aliphatic carbocycles. The summed E-state index contributed by atoms with van der Waals surface area (Å²) in [4.78, 5) is 0. The van der Waals surface area contributed by atoms with Crippen LogP contribution >= 0.6 is 0 Å². The lowest BCUT2D eigenvalue weighted by Gasteiger charge is -2.43. The smallest absolute Gasteiger partial charge is 0.126 e. The number of halogens is 1. The van der Waals surface area contributed by atoms with Gasteiger partial charge in [-0.05, 0) is 48.8 Å². The van der Waals surface area contributed by atoms with E-state index >= 15 is 0 Å². The number of aryl methyl sites for hydroxylation is 1. The van der Waals surface area contributed by atoms with Gasteiger partial charge in [-0.1, -0.05) is 38.8 Å². The highest BCUT2D eigenvalue weighted by atomic mass is 19.1. The van der Waals surface area contributed by atoms with E-state index in [4.69, 9.17) is 0 Å². The first-order valence-corrected chi connectivity index (χ1v) is 6.94. The summed E-state index contributed by atoms with van der Waals surface area (Å²) >= 11 is 0. The van der Waals surface area contributed by atoms with Crippen molar-refractivity contribution in [2.45, 2.75) is 52.1 Å². The zero-order valence-electron chi connectivity index (χ0n) is 11.5. The molecule has 1 N–H and O–H groups in total. The third-order valence-corrected chi connectivity index (χ3v) is 4.40. The fourth-order valence-electron chi connectivity index (χ4n) is 3.34. The summed E-state index contributed by atoms with van der Waals surface area (Å²) in [5.74, 6) is 0.524. The Morgan fingerprint density at radius 2 is 2.06 bits per heavy atom. The summed E-state index contributed by atoms with van der Waals surface area (Å²) in [6, 6.07) is 5.05. The molecule has 2 rings (SSSR count). The molecule has 1 aliphatic rings. The summed E-state index contributed by atoms with van der Waals surface area (Å²) in [7, 11) is 0. The van der Waals surface area contributed by atoms with Crippen molar-refractivity contribution in [3.05, 3.63) is 35.1 Å². The predicted molar refractivity (Wildman–Crippen MR) is 71.8 cm³/mol. The van der Waals surface area contributed by atoms with Gasteiger partial charge in [0.15, 0.2) is 0 Å². The van der Waals surface area contributed by atoms with E-state index in [1.807, 2.05) is 6.07 Å². The molecule has 0 aromatic heterocycles. The van der Waals surface area contributed by atoms with Gasteiger partial charge in [0.1, 0.15) is 5.82 Å². The molecule has 1 aromatic rings. The topological polar surface area (TPSA) is 20.2 Å². The Hall–Kier alpha value is -0.890. The standard InChI is InChI=1S/C16H23FO/c1-11(2)14-6-4-5-9-16(14,18)13-7-8-15(17)12(3)10-13/h7-8,10-11,14,18H,4-6,9H2,1-3H3. The van der Waals surface area contributed by atoms with Crippen LogP contribution in [0.4, 0.5) is 4.39 Å². The van der Waals surface area contributed by atoms with Gasteiger partial charge in [0, 0.05) is 0 Å². The average Bonchev–Trinajstić information content (AvgIpc) is 2.32. The maximum atomic E-state index is 13.4. The average molecular weight is 250 g/mol. The van der Waals surface area contributed by atoms with Gasteiger partial charge in [-0.15, -0.1) is 0 Å². The second-order valence-electron chi connectivity index (χ2n) is 5.98. The van der Waals surface area contributed by atoms with E-state index in [-0.39, 0.29) is 11.7 Å². The predicted octanol–water partition coefficient (Wildman–Crippen LogP) is 4.17. The van der Waals surface area contributed by atoms with Gasteiger partial charge in [-0.2, -0.15) is 0 Å². The van der Waals surface area contributed by atoms with Crippen LogP contribution in [0.1, 0.15) is 50.7 Å². The van der Waals surface area contributed by atoms with E-state index in [9.17, 15) is 9.50 Å². The van der Waals surface area contributed by atoms with Gasteiger partial charge < -0.3 is 5.11 Å². The molecule has 1 fully saturated rings. The molecule has 100 valence electrons. The molecule has 1 aromatic carbocycles. The van der Waals surface area contributed by atoms with Gasteiger partial charge in [0.2, 0.25) is 0 Å². The Bertz CT molecular complexity index is 427. The molecule has 0 saturated heterocycles. The molecule has 2 unspecified atom stereocenters. The zero-order valence-corrected chi connectivity index (χ0v) is 11.5. The maximum Gasteiger partial charge on any atom is 0.126 e. The molecule has 1 saturated carbocycles. The fraction of sp³-hybridized carbons (Fsp3) is 0.625. The molecule has 0 amide bonds. The summed E-state index contributed by atoms with van der Waals surface area (Å²) in [5, 5.41) is 11.1. The highest BCUT2D eigenvalue weighted by Crippen LogP contribution is 2.45.